The molecule has 3 rings (SSSR count). The predicted octanol–water partition coefficient (Wildman–Crippen LogP) is 1.98. The highest BCUT2D eigenvalue weighted by Gasteiger charge is 2.20. The second-order valence-corrected chi connectivity index (χ2v) is 6.42. The highest BCUT2D eigenvalue weighted by molar-refractivity contribution is 5.86. The van der Waals surface area contributed by atoms with Gasteiger partial charge in [-0.2, -0.15) is 0 Å². The Balaban J connectivity index is 1.43. The molecule has 0 bridgehead atoms. The maximum atomic E-state index is 12.5. The minimum atomic E-state index is 0.102. The number of hydrogen-bond donors (Lipinski definition) is 2. The molecule has 1 heterocycles. The number of benzene rings is 2. The van der Waals surface area contributed by atoms with Gasteiger partial charge in [-0.25, -0.2) is 0 Å². The highest BCUT2D eigenvalue weighted by Crippen LogP contribution is 2.18. The maximum Gasteiger partial charge on any atom is 0.242 e. The fourth-order valence-corrected chi connectivity index (χ4v) is 3.17. The second-order valence-electron chi connectivity index (χ2n) is 6.42. The van der Waals surface area contributed by atoms with Crippen LogP contribution in [0.5, 0.6) is 0 Å². The number of hydrogen-bond acceptors (Lipinski definition) is 2. The van der Waals surface area contributed by atoms with E-state index in [1.54, 1.807) is 7.05 Å². The highest BCUT2D eigenvalue weighted by atomic mass is 16.2. The van der Waals surface area contributed by atoms with Gasteiger partial charge >= 0.3 is 0 Å². The normalized spacial score (nSPS) is 13.9. The molecule has 5 heteroatoms. The molecule has 26 heavy (non-hydrogen) atoms. The van der Waals surface area contributed by atoms with Crippen molar-refractivity contribution < 1.29 is 4.79 Å². The van der Waals surface area contributed by atoms with E-state index in [2.05, 4.69) is 46.0 Å². The van der Waals surface area contributed by atoms with Gasteiger partial charge in [0.2, 0.25) is 5.91 Å². The monoisotopic (exact) mass is 350 g/mol. The molecule has 1 aliphatic heterocycles. The number of guanidine groups is 1. The zero-order valence-corrected chi connectivity index (χ0v) is 15.2. The van der Waals surface area contributed by atoms with Crippen molar-refractivity contribution >= 4 is 11.9 Å². The van der Waals surface area contributed by atoms with Crippen LogP contribution in [-0.2, 0) is 24.2 Å². The standard InChI is InChI=1S/C21H26N4O/c1-22-21(23-13-11-17-7-3-2-4-8-17)24-15-20(26)25-14-12-18-9-5-6-10-19(18)16-25/h2-10H,11-16H2,1H3,(H2,22,23,24). The third kappa shape index (κ3) is 4.85. The van der Waals surface area contributed by atoms with Gasteiger partial charge in [-0.05, 0) is 29.5 Å². The molecular formula is C21H26N4O. The van der Waals surface area contributed by atoms with Gasteiger partial charge in [0.05, 0.1) is 6.54 Å². The Labute approximate surface area is 155 Å². The van der Waals surface area contributed by atoms with E-state index >= 15 is 0 Å². The van der Waals surface area contributed by atoms with Crippen LogP contribution in [-0.4, -0.2) is 43.4 Å². The maximum absolute atomic E-state index is 12.5. The van der Waals surface area contributed by atoms with E-state index in [1.165, 1.54) is 16.7 Å². The van der Waals surface area contributed by atoms with Gasteiger partial charge in [-0.1, -0.05) is 54.6 Å². The Kier molecular flexibility index (Phi) is 6.25. The molecule has 2 aromatic rings. The van der Waals surface area contributed by atoms with Crippen LogP contribution >= 0.6 is 0 Å². The molecule has 0 aliphatic carbocycles. The molecule has 1 amide bonds. The van der Waals surface area contributed by atoms with E-state index in [0.717, 1.165) is 25.9 Å². The van der Waals surface area contributed by atoms with Crippen molar-refractivity contribution in [2.75, 3.05) is 26.7 Å². The summed E-state index contributed by atoms with van der Waals surface area (Å²) >= 11 is 0. The molecule has 0 saturated carbocycles. The van der Waals surface area contributed by atoms with E-state index in [1.807, 2.05) is 29.2 Å². The van der Waals surface area contributed by atoms with E-state index in [4.69, 9.17) is 0 Å². The SMILES string of the molecule is CN=C(NCCc1ccccc1)NCC(=O)N1CCc2ccccc2C1. The van der Waals surface area contributed by atoms with Crippen LogP contribution in [0.4, 0.5) is 0 Å². The van der Waals surface area contributed by atoms with Crippen molar-refractivity contribution in [1.29, 1.82) is 0 Å². The summed E-state index contributed by atoms with van der Waals surface area (Å²) in [6.07, 6.45) is 1.84. The van der Waals surface area contributed by atoms with Crippen LogP contribution in [0.15, 0.2) is 59.6 Å². The molecule has 0 spiro atoms. The Morgan fingerprint density at radius 1 is 1.04 bits per heavy atom. The summed E-state index contributed by atoms with van der Waals surface area (Å²) in [5, 5.41) is 6.38. The molecule has 0 aromatic heterocycles. The van der Waals surface area contributed by atoms with Gasteiger partial charge < -0.3 is 15.5 Å². The molecule has 0 saturated heterocycles. The quantitative estimate of drug-likeness (QED) is 0.640. The summed E-state index contributed by atoms with van der Waals surface area (Å²) in [6.45, 7) is 2.50. The van der Waals surface area contributed by atoms with E-state index in [9.17, 15) is 4.79 Å². The molecule has 0 unspecified atom stereocenters. The third-order valence-corrected chi connectivity index (χ3v) is 4.66. The summed E-state index contributed by atoms with van der Waals surface area (Å²) in [6, 6.07) is 18.6. The first-order valence-corrected chi connectivity index (χ1v) is 9.09. The Hall–Kier alpha value is -2.82. The zero-order chi connectivity index (χ0) is 18.2. The van der Waals surface area contributed by atoms with E-state index < -0.39 is 0 Å². The molecule has 1 aliphatic rings. The van der Waals surface area contributed by atoms with Crippen LogP contribution < -0.4 is 10.6 Å². The fourth-order valence-electron chi connectivity index (χ4n) is 3.17. The topological polar surface area (TPSA) is 56.7 Å². The summed E-state index contributed by atoms with van der Waals surface area (Å²) in [5.41, 5.74) is 3.87. The van der Waals surface area contributed by atoms with Crippen LogP contribution in [0.3, 0.4) is 0 Å². The van der Waals surface area contributed by atoms with Crippen LogP contribution in [0.2, 0.25) is 0 Å². The smallest absolute Gasteiger partial charge is 0.242 e. The lowest BCUT2D eigenvalue weighted by molar-refractivity contribution is -0.130. The number of carbonyl (C=O) groups excluding carboxylic acids is 1. The first-order chi connectivity index (χ1) is 12.8. The number of amides is 1. The minimum Gasteiger partial charge on any atom is -0.356 e. The summed E-state index contributed by atoms with van der Waals surface area (Å²) in [7, 11) is 1.72. The lowest BCUT2D eigenvalue weighted by Gasteiger charge is -2.29. The average Bonchev–Trinajstić information content (AvgIpc) is 2.70. The fraction of sp³-hybridized carbons (Fsp3) is 0.333. The molecule has 2 aromatic carbocycles. The van der Waals surface area contributed by atoms with Gasteiger partial charge in [0.25, 0.3) is 0 Å². The van der Waals surface area contributed by atoms with Crippen LogP contribution in [0, 0.1) is 0 Å². The number of rotatable bonds is 5. The lowest BCUT2D eigenvalue weighted by Crippen LogP contribution is -2.46. The van der Waals surface area contributed by atoms with Crippen molar-refractivity contribution in [2.24, 2.45) is 4.99 Å². The lowest BCUT2D eigenvalue weighted by atomic mass is 10.00. The average molecular weight is 350 g/mol. The number of nitrogens with zero attached hydrogens (tertiary/aromatic N) is 2. The summed E-state index contributed by atoms with van der Waals surface area (Å²) in [5.74, 6) is 0.761. The number of aliphatic imine (C=N–C) groups is 1. The van der Waals surface area contributed by atoms with Crippen molar-refractivity contribution in [2.45, 2.75) is 19.4 Å². The van der Waals surface area contributed by atoms with Crippen molar-refractivity contribution in [3.63, 3.8) is 0 Å². The van der Waals surface area contributed by atoms with Gasteiger partial charge in [-0.15, -0.1) is 0 Å². The zero-order valence-electron chi connectivity index (χ0n) is 15.2. The van der Waals surface area contributed by atoms with E-state index in [0.29, 0.717) is 12.5 Å². The second kappa shape index (κ2) is 9.04. The van der Waals surface area contributed by atoms with Gasteiger partial charge in [-0.3, -0.25) is 9.79 Å². The Bertz CT molecular complexity index is 758. The first-order valence-electron chi connectivity index (χ1n) is 9.09. The van der Waals surface area contributed by atoms with Crippen molar-refractivity contribution in [3.8, 4) is 0 Å². The molecule has 5 nitrogen and oxygen atoms in total. The molecule has 0 fully saturated rings. The van der Waals surface area contributed by atoms with Crippen molar-refractivity contribution in [1.82, 2.24) is 15.5 Å². The minimum absolute atomic E-state index is 0.102. The number of nitrogens with one attached hydrogen (secondary N) is 2. The third-order valence-electron chi connectivity index (χ3n) is 4.66. The largest absolute Gasteiger partial charge is 0.356 e. The van der Waals surface area contributed by atoms with Crippen molar-refractivity contribution in [3.05, 3.63) is 71.3 Å². The van der Waals surface area contributed by atoms with E-state index in [-0.39, 0.29) is 12.5 Å². The Morgan fingerprint density at radius 2 is 1.77 bits per heavy atom. The van der Waals surface area contributed by atoms with Crippen LogP contribution in [0.1, 0.15) is 16.7 Å². The van der Waals surface area contributed by atoms with Crippen LogP contribution in [0.25, 0.3) is 0 Å². The molecule has 136 valence electrons. The molecule has 0 atom stereocenters. The summed E-state index contributed by atoms with van der Waals surface area (Å²) in [4.78, 5) is 18.6. The predicted molar refractivity (Wildman–Crippen MR) is 105 cm³/mol. The summed E-state index contributed by atoms with van der Waals surface area (Å²) < 4.78 is 0. The number of fused-ring (bicyclic) bond motifs is 1. The Morgan fingerprint density at radius 3 is 2.54 bits per heavy atom. The van der Waals surface area contributed by atoms with Gasteiger partial charge in [0, 0.05) is 26.7 Å². The van der Waals surface area contributed by atoms with Gasteiger partial charge in [0.1, 0.15) is 0 Å². The molecule has 0 radical (unpaired) electrons. The molecular weight excluding hydrogens is 324 g/mol. The van der Waals surface area contributed by atoms with Gasteiger partial charge in [0.15, 0.2) is 5.96 Å². The first kappa shape index (κ1) is 18.0. The molecule has 2 N–H and O–H groups in total. The number of carbonyl (C=O) groups is 1.